The third kappa shape index (κ3) is 2.84. The Morgan fingerprint density at radius 2 is 2.05 bits per heavy atom. The van der Waals surface area contributed by atoms with Gasteiger partial charge >= 0.3 is 5.97 Å². The second-order valence-corrected chi connectivity index (χ2v) is 4.97. The normalized spacial score (nSPS) is 10.9. The van der Waals surface area contributed by atoms with E-state index < -0.39 is 5.97 Å². The standard InChI is InChI=1S/C15H18N2O2/c1-10(2)13-6-4-5-7-14(13)17-11(3)8-12(16-17)9-15(18)19/h4-8,10H,9H2,1-3H3,(H,18,19). The fraction of sp³-hybridized carbons (Fsp3) is 0.333. The maximum Gasteiger partial charge on any atom is 0.309 e. The van der Waals surface area contributed by atoms with Gasteiger partial charge in [-0.05, 0) is 30.5 Å². The van der Waals surface area contributed by atoms with Crippen molar-refractivity contribution in [2.45, 2.75) is 33.1 Å². The number of nitrogens with zero attached hydrogens (tertiary/aromatic N) is 2. The molecule has 4 nitrogen and oxygen atoms in total. The highest BCUT2D eigenvalue weighted by molar-refractivity contribution is 5.69. The molecule has 1 aromatic heterocycles. The summed E-state index contributed by atoms with van der Waals surface area (Å²) >= 11 is 0. The van der Waals surface area contributed by atoms with E-state index in [2.05, 4.69) is 25.0 Å². The third-order valence-corrected chi connectivity index (χ3v) is 3.06. The first-order valence-electron chi connectivity index (χ1n) is 6.35. The first-order chi connectivity index (χ1) is 8.99. The molecule has 1 aromatic carbocycles. The van der Waals surface area contributed by atoms with Crippen LogP contribution in [0.15, 0.2) is 30.3 Å². The number of benzene rings is 1. The molecule has 1 heterocycles. The van der Waals surface area contributed by atoms with Crippen LogP contribution < -0.4 is 0 Å². The number of aliphatic carboxylic acids is 1. The van der Waals surface area contributed by atoms with Crippen LogP contribution in [0.3, 0.4) is 0 Å². The number of carboxylic acids is 1. The molecule has 0 fully saturated rings. The van der Waals surface area contributed by atoms with Crippen LogP contribution in [-0.4, -0.2) is 20.9 Å². The highest BCUT2D eigenvalue weighted by Gasteiger charge is 2.13. The van der Waals surface area contributed by atoms with Gasteiger partial charge in [-0.3, -0.25) is 4.79 Å². The smallest absolute Gasteiger partial charge is 0.309 e. The quantitative estimate of drug-likeness (QED) is 0.917. The van der Waals surface area contributed by atoms with Crippen LogP contribution in [0.2, 0.25) is 0 Å². The van der Waals surface area contributed by atoms with Crippen molar-refractivity contribution in [3.8, 4) is 5.69 Å². The number of aromatic nitrogens is 2. The summed E-state index contributed by atoms with van der Waals surface area (Å²) in [7, 11) is 0. The average molecular weight is 258 g/mol. The molecule has 100 valence electrons. The highest BCUT2D eigenvalue weighted by Crippen LogP contribution is 2.23. The Balaban J connectivity index is 2.47. The fourth-order valence-electron chi connectivity index (χ4n) is 2.19. The van der Waals surface area contributed by atoms with Gasteiger partial charge < -0.3 is 5.11 Å². The van der Waals surface area contributed by atoms with E-state index in [0.717, 1.165) is 11.4 Å². The Labute approximate surface area is 112 Å². The first kappa shape index (κ1) is 13.3. The Morgan fingerprint density at radius 3 is 2.68 bits per heavy atom. The number of rotatable bonds is 4. The van der Waals surface area contributed by atoms with Crippen LogP contribution in [0.1, 0.15) is 36.7 Å². The molecule has 2 rings (SSSR count). The van der Waals surface area contributed by atoms with Gasteiger partial charge in [0.2, 0.25) is 0 Å². The Bertz CT molecular complexity index is 600. The minimum Gasteiger partial charge on any atom is -0.481 e. The molecular formula is C15H18N2O2. The Hall–Kier alpha value is -2.10. The molecule has 0 spiro atoms. The Morgan fingerprint density at radius 1 is 1.37 bits per heavy atom. The number of aryl methyl sites for hydroxylation is 1. The maximum atomic E-state index is 10.8. The van der Waals surface area contributed by atoms with Gasteiger partial charge in [-0.2, -0.15) is 5.10 Å². The summed E-state index contributed by atoms with van der Waals surface area (Å²) < 4.78 is 1.83. The summed E-state index contributed by atoms with van der Waals surface area (Å²) in [6.45, 7) is 6.21. The molecule has 0 saturated carbocycles. The monoisotopic (exact) mass is 258 g/mol. The number of hydrogen-bond acceptors (Lipinski definition) is 2. The number of carboxylic acid groups (broad SMARTS) is 1. The van der Waals surface area contributed by atoms with Crippen molar-refractivity contribution >= 4 is 5.97 Å². The van der Waals surface area contributed by atoms with Crippen LogP contribution in [0.4, 0.5) is 0 Å². The van der Waals surface area contributed by atoms with Gasteiger partial charge in [0.25, 0.3) is 0 Å². The summed E-state index contributed by atoms with van der Waals surface area (Å²) in [5.41, 5.74) is 3.76. The summed E-state index contributed by atoms with van der Waals surface area (Å²) in [5.74, 6) is -0.468. The molecule has 0 aliphatic rings. The van der Waals surface area contributed by atoms with Crippen molar-refractivity contribution in [3.05, 3.63) is 47.3 Å². The molecule has 0 bridgehead atoms. The van der Waals surface area contributed by atoms with Gasteiger partial charge in [-0.15, -0.1) is 0 Å². The lowest BCUT2D eigenvalue weighted by molar-refractivity contribution is -0.136. The minimum atomic E-state index is -0.859. The minimum absolute atomic E-state index is 0.0440. The van der Waals surface area contributed by atoms with E-state index in [0.29, 0.717) is 11.6 Å². The maximum absolute atomic E-state index is 10.8. The van der Waals surface area contributed by atoms with Gasteiger partial charge in [0.05, 0.1) is 17.8 Å². The van der Waals surface area contributed by atoms with Crippen molar-refractivity contribution < 1.29 is 9.90 Å². The molecular weight excluding hydrogens is 240 g/mol. The van der Waals surface area contributed by atoms with E-state index in [1.54, 1.807) is 0 Å². The fourth-order valence-corrected chi connectivity index (χ4v) is 2.19. The van der Waals surface area contributed by atoms with E-state index in [1.807, 2.05) is 35.9 Å². The number of hydrogen-bond donors (Lipinski definition) is 1. The molecule has 0 saturated heterocycles. The van der Waals surface area contributed by atoms with Crippen molar-refractivity contribution in [1.29, 1.82) is 0 Å². The molecule has 0 aliphatic heterocycles. The molecule has 0 unspecified atom stereocenters. The molecule has 1 N–H and O–H groups in total. The van der Waals surface area contributed by atoms with Crippen LogP contribution in [0, 0.1) is 6.92 Å². The van der Waals surface area contributed by atoms with E-state index >= 15 is 0 Å². The molecule has 2 aromatic rings. The van der Waals surface area contributed by atoms with E-state index in [-0.39, 0.29) is 6.42 Å². The summed E-state index contributed by atoms with van der Waals surface area (Å²) in [5, 5.41) is 13.2. The van der Waals surface area contributed by atoms with Gasteiger partial charge in [0, 0.05) is 5.69 Å². The van der Waals surface area contributed by atoms with Gasteiger partial charge in [0.15, 0.2) is 0 Å². The zero-order valence-corrected chi connectivity index (χ0v) is 11.4. The highest BCUT2D eigenvalue weighted by atomic mass is 16.4. The largest absolute Gasteiger partial charge is 0.481 e. The summed E-state index contributed by atoms with van der Waals surface area (Å²) in [6, 6.07) is 9.90. The van der Waals surface area contributed by atoms with E-state index in [9.17, 15) is 4.79 Å². The third-order valence-electron chi connectivity index (χ3n) is 3.06. The topological polar surface area (TPSA) is 55.1 Å². The van der Waals surface area contributed by atoms with E-state index in [1.165, 1.54) is 5.56 Å². The molecule has 0 radical (unpaired) electrons. The van der Waals surface area contributed by atoms with Crippen molar-refractivity contribution in [2.24, 2.45) is 0 Å². The van der Waals surface area contributed by atoms with Crippen LogP contribution >= 0.6 is 0 Å². The van der Waals surface area contributed by atoms with Crippen LogP contribution in [-0.2, 0) is 11.2 Å². The number of para-hydroxylation sites is 1. The van der Waals surface area contributed by atoms with Gasteiger partial charge in [-0.1, -0.05) is 32.0 Å². The van der Waals surface area contributed by atoms with E-state index in [4.69, 9.17) is 5.11 Å². The first-order valence-corrected chi connectivity index (χ1v) is 6.35. The molecule has 0 atom stereocenters. The molecule has 0 amide bonds. The van der Waals surface area contributed by atoms with Crippen molar-refractivity contribution in [3.63, 3.8) is 0 Å². The van der Waals surface area contributed by atoms with Gasteiger partial charge in [-0.25, -0.2) is 4.68 Å². The molecule has 0 aliphatic carbocycles. The number of carbonyl (C=O) groups is 1. The lowest BCUT2D eigenvalue weighted by Gasteiger charge is -2.13. The average Bonchev–Trinajstić information content (AvgIpc) is 2.69. The second-order valence-electron chi connectivity index (χ2n) is 4.97. The second kappa shape index (κ2) is 5.26. The predicted molar refractivity (Wildman–Crippen MR) is 73.7 cm³/mol. The van der Waals surface area contributed by atoms with Crippen LogP contribution in [0.25, 0.3) is 5.69 Å². The molecule has 19 heavy (non-hydrogen) atoms. The lowest BCUT2D eigenvalue weighted by atomic mass is 10.0. The Kier molecular flexibility index (Phi) is 3.69. The predicted octanol–water partition coefficient (Wildman–Crippen LogP) is 2.93. The zero-order chi connectivity index (χ0) is 14.0. The SMILES string of the molecule is Cc1cc(CC(=O)O)nn1-c1ccccc1C(C)C. The molecule has 4 heteroatoms. The summed E-state index contributed by atoms with van der Waals surface area (Å²) in [6.07, 6.45) is -0.0440. The summed E-state index contributed by atoms with van der Waals surface area (Å²) in [4.78, 5) is 10.8. The van der Waals surface area contributed by atoms with Crippen molar-refractivity contribution in [2.75, 3.05) is 0 Å². The van der Waals surface area contributed by atoms with Crippen molar-refractivity contribution in [1.82, 2.24) is 9.78 Å². The lowest BCUT2D eigenvalue weighted by Crippen LogP contribution is -2.06. The zero-order valence-electron chi connectivity index (χ0n) is 11.4. The van der Waals surface area contributed by atoms with Crippen LogP contribution in [0.5, 0.6) is 0 Å². The van der Waals surface area contributed by atoms with Gasteiger partial charge in [0.1, 0.15) is 0 Å².